The molecule has 0 spiro atoms. The van der Waals surface area contributed by atoms with E-state index in [0.29, 0.717) is 11.3 Å². The fraction of sp³-hybridized carbons (Fsp3) is 0.111. The van der Waals surface area contributed by atoms with Crippen molar-refractivity contribution in [2.24, 2.45) is 4.40 Å². The van der Waals surface area contributed by atoms with Crippen LogP contribution in [0.4, 0.5) is 5.69 Å². The molecule has 2 N–H and O–H groups in total. The van der Waals surface area contributed by atoms with Crippen LogP contribution in [-0.4, -0.2) is 36.5 Å². The maximum absolute atomic E-state index is 12.6. The Labute approximate surface area is 151 Å². The van der Waals surface area contributed by atoms with E-state index in [4.69, 9.17) is 0 Å². The number of nitrogens with one attached hydrogen (secondary N) is 1. The van der Waals surface area contributed by atoms with Crippen LogP contribution in [0.25, 0.3) is 0 Å². The molecule has 1 aliphatic rings. The lowest BCUT2D eigenvalue weighted by atomic mass is 10.1. The van der Waals surface area contributed by atoms with Gasteiger partial charge in [-0.2, -0.15) is 8.42 Å². The number of hydrogen-bond donors (Lipinski definition) is 2. The SMILES string of the molecule is Cc1ccc(C2=NS(=O)(=O)N(C)C(C(=O)Nc3cccc(O)c3)=C2)cc1. The number of aromatic hydroxyl groups is 1. The van der Waals surface area contributed by atoms with E-state index in [0.717, 1.165) is 9.87 Å². The minimum atomic E-state index is -4.02. The van der Waals surface area contributed by atoms with Crippen molar-refractivity contribution in [2.45, 2.75) is 6.92 Å². The Morgan fingerprint density at radius 2 is 1.85 bits per heavy atom. The summed E-state index contributed by atoms with van der Waals surface area (Å²) in [6, 6.07) is 13.2. The zero-order valence-electron chi connectivity index (χ0n) is 14.2. The standard InChI is InChI=1S/C18H17N3O4S/c1-12-6-8-13(9-7-12)16-11-17(21(2)26(24,25)20-16)18(23)19-14-4-3-5-15(22)10-14/h3-11,22H,1-2H3,(H,19,23). The smallest absolute Gasteiger partial charge is 0.345 e. The summed E-state index contributed by atoms with van der Waals surface area (Å²) in [5.74, 6) is -0.635. The van der Waals surface area contributed by atoms with E-state index in [1.807, 2.05) is 19.1 Å². The molecule has 1 heterocycles. The van der Waals surface area contributed by atoms with Crippen LogP contribution in [0.15, 0.2) is 64.7 Å². The predicted molar refractivity (Wildman–Crippen MR) is 99.2 cm³/mol. The van der Waals surface area contributed by atoms with E-state index in [1.54, 1.807) is 24.3 Å². The highest BCUT2D eigenvalue weighted by Gasteiger charge is 2.30. The predicted octanol–water partition coefficient (Wildman–Crippen LogP) is 2.20. The quantitative estimate of drug-likeness (QED) is 0.864. The Balaban J connectivity index is 1.97. The lowest BCUT2D eigenvalue weighted by Gasteiger charge is -2.23. The Bertz CT molecular complexity index is 1020. The van der Waals surface area contributed by atoms with Gasteiger partial charge in [0, 0.05) is 24.4 Å². The lowest BCUT2D eigenvalue weighted by molar-refractivity contribution is -0.113. The van der Waals surface area contributed by atoms with Crippen LogP contribution in [0.2, 0.25) is 0 Å². The second-order valence-electron chi connectivity index (χ2n) is 5.82. The molecule has 1 amide bonds. The number of amides is 1. The third-order valence-corrected chi connectivity index (χ3v) is 5.17. The van der Waals surface area contributed by atoms with Crippen LogP contribution in [0.3, 0.4) is 0 Å². The molecule has 0 unspecified atom stereocenters. The molecule has 0 aromatic heterocycles. The van der Waals surface area contributed by atoms with Gasteiger partial charge in [0.25, 0.3) is 5.91 Å². The average molecular weight is 371 g/mol. The summed E-state index contributed by atoms with van der Waals surface area (Å²) in [5.41, 5.74) is 2.08. The molecule has 3 rings (SSSR count). The van der Waals surface area contributed by atoms with E-state index in [-0.39, 0.29) is 17.2 Å². The molecule has 2 aromatic rings. The van der Waals surface area contributed by atoms with Gasteiger partial charge in [-0.1, -0.05) is 35.9 Å². The van der Waals surface area contributed by atoms with Gasteiger partial charge in [-0.3, -0.25) is 4.79 Å². The maximum atomic E-state index is 12.6. The van der Waals surface area contributed by atoms with Crippen LogP contribution >= 0.6 is 0 Å². The first-order valence-corrected chi connectivity index (χ1v) is 9.14. The highest BCUT2D eigenvalue weighted by Crippen LogP contribution is 2.22. The number of nitrogens with zero attached hydrogens (tertiary/aromatic N) is 2. The largest absolute Gasteiger partial charge is 0.508 e. The summed E-state index contributed by atoms with van der Waals surface area (Å²) in [4.78, 5) is 12.6. The van der Waals surface area contributed by atoms with Crippen LogP contribution in [0.1, 0.15) is 11.1 Å². The van der Waals surface area contributed by atoms with E-state index in [2.05, 4.69) is 9.71 Å². The van der Waals surface area contributed by atoms with Crippen LogP contribution in [0.5, 0.6) is 5.75 Å². The number of anilines is 1. The van der Waals surface area contributed by atoms with Gasteiger partial charge >= 0.3 is 10.2 Å². The molecule has 0 saturated carbocycles. The maximum Gasteiger partial charge on any atom is 0.345 e. The molecule has 7 nitrogen and oxygen atoms in total. The highest BCUT2D eigenvalue weighted by molar-refractivity contribution is 7.88. The fourth-order valence-electron chi connectivity index (χ4n) is 2.40. The van der Waals surface area contributed by atoms with Gasteiger partial charge in [-0.05, 0) is 25.1 Å². The number of carbonyl (C=O) groups excluding carboxylic acids is 1. The van der Waals surface area contributed by atoms with Gasteiger partial charge in [-0.25, -0.2) is 4.31 Å². The van der Waals surface area contributed by atoms with E-state index < -0.39 is 16.1 Å². The Morgan fingerprint density at radius 1 is 1.15 bits per heavy atom. The monoisotopic (exact) mass is 371 g/mol. The molecule has 0 radical (unpaired) electrons. The number of likely N-dealkylation sites (N-methyl/N-ethyl adjacent to an activating group) is 1. The van der Waals surface area contributed by atoms with Crippen LogP contribution in [0, 0.1) is 6.92 Å². The summed E-state index contributed by atoms with van der Waals surface area (Å²) < 4.78 is 29.3. The number of phenols is 1. The molecule has 0 saturated heterocycles. The van der Waals surface area contributed by atoms with Gasteiger partial charge in [0.05, 0.1) is 5.71 Å². The fourth-order valence-corrected chi connectivity index (χ4v) is 3.32. The third-order valence-electron chi connectivity index (χ3n) is 3.86. The van der Waals surface area contributed by atoms with Crippen molar-refractivity contribution in [2.75, 3.05) is 12.4 Å². The van der Waals surface area contributed by atoms with Gasteiger partial charge in [-0.15, -0.1) is 4.40 Å². The minimum absolute atomic E-state index is 0.0108. The third kappa shape index (κ3) is 3.60. The van der Waals surface area contributed by atoms with Gasteiger partial charge in [0.15, 0.2) is 0 Å². The molecule has 1 aliphatic heterocycles. The molecule has 0 fully saturated rings. The molecule has 8 heteroatoms. The summed E-state index contributed by atoms with van der Waals surface area (Å²) in [6.45, 7) is 1.92. The van der Waals surface area contributed by atoms with Gasteiger partial charge < -0.3 is 10.4 Å². The normalized spacial score (nSPS) is 15.8. The number of rotatable bonds is 3. The van der Waals surface area contributed by atoms with E-state index >= 15 is 0 Å². The molecular weight excluding hydrogens is 354 g/mol. The summed E-state index contributed by atoms with van der Waals surface area (Å²) in [7, 11) is -2.76. The summed E-state index contributed by atoms with van der Waals surface area (Å²) >= 11 is 0. The van der Waals surface area contributed by atoms with Crippen LogP contribution in [-0.2, 0) is 15.0 Å². The molecule has 134 valence electrons. The Hall–Kier alpha value is -3.13. The zero-order chi connectivity index (χ0) is 18.9. The number of carbonyl (C=O) groups is 1. The number of allylic oxidation sites excluding steroid dienone is 1. The molecule has 0 bridgehead atoms. The first-order valence-electron chi connectivity index (χ1n) is 7.74. The summed E-state index contributed by atoms with van der Waals surface area (Å²) in [6.07, 6.45) is 1.42. The van der Waals surface area contributed by atoms with E-state index in [1.165, 1.54) is 25.3 Å². The number of hydrogen-bond acceptors (Lipinski definition) is 4. The first-order chi connectivity index (χ1) is 12.3. The zero-order valence-corrected chi connectivity index (χ0v) is 15.0. The summed E-state index contributed by atoms with van der Waals surface area (Å²) in [5, 5.41) is 12.1. The number of benzene rings is 2. The molecule has 0 atom stereocenters. The molecule has 26 heavy (non-hydrogen) atoms. The van der Waals surface area contributed by atoms with Crippen molar-refractivity contribution in [3.8, 4) is 5.75 Å². The lowest BCUT2D eigenvalue weighted by Crippen LogP contribution is -2.35. The van der Waals surface area contributed by atoms with Gasteiger partial charge in [0.1, 0.15) is 11.4 Å². The van der Waals surface area contributed by atoms with Crippen molar-refractivity contribution in [3.05, 3.63) is 71.4 Å². The Kier molecular flexibility index (Phi) is 4.52. The van der Waals surface area contributed by atoms with Crippen molar-refractivity contribution < 1.29 is 18.3 Å². The average Bonchev–Trinajstić information content (AvgIpc) is 2.57. The van der Waals surface area contributed by atoms with Gasteiger partial charge in [0.2, 0.25) is 0 Å². The van der Waals surface area contributed by atoms with Crippen molar-refractivity contribution in [1.29, 1.82) is 0 Å². The van der Waals surface area contributed by atoms with Crippen molar-refractivity contribution in [3.63, 3.8) is 0 Å². The first kappa shape index (κ1) is 17.7. The second kappa shape index (κ2) is 6.64. The Morgan fingerprint density at radius 3 is 2.50 bits per heavy atom. The van der Waals surface area contributed by atoms with Crippen LogP contribution < -0.4 is 5.32 Å². The second-order valence-corrected chi connectivity index (χ2v) is 7.45. The van der Waals surface area contributed by atoms with Crippen molar-refractivity contribution >= 4 is 27.5 Å². The minimum Gasteiger partial charge on any atom is -0.508 e. The molecule has 0 aliphatic carbocycles. The highest BCUT2D eigenvalue weighted by atomic mass is 32.2. The number of aryl methyl sites for hydroxylation is 1. The number of phenolic OH excluding ortho intramolecular Hbond substituents is 1. The topological polar surface area (TPSA) is 99.1 Å². The molecular formula is C18H17N3O4S. The molecule has 2 aromatic carbocycles. The van der Waals surface area contributed by atoms with Crippen molar-refractivity contribution in [1.82, 2.24) is 4.31 Å². The van der Waals surface area contributed by atoms with E-state index in [9.17, 15) is 18.3 Å².